The minimum absolute atomic E-state index is 0.0972. The number of piperidine rings is 1. The van der Waals surface area contributed by atoms with Crippen LogP contribution in [0.3, 0.4) is 0 Å². The number of carbonyl (C=O) groups excluding carboxylic acids is 2. The second-order valence-corrected chi connectivity index (χ2v) is 11.3. The quantitative estimate of drug-likeness (QED) is 0.333. The number of fused-ring (bicyclic) bond motifs is 1. The number of hydrogen-bond donors (Lipinski definition) is 3. The van der Waals surface area contributed by atoms with E-state index in [-0.39, 0.29) is 30.4 Å². The summed E-state index contributed by atoms with van der Waals surface area (Å²) in [5, 5.41) is 17.0. The highest BCUT2D eigenvalue weighted by molar-refractivity contribution is 5.94. The summed E-state index contributed by atoms with van der Waals surface area (Å²) in [5.41, 5.74) is 3.76. The molecule has 0 spiro atoms. The number of nitrogens with one attached hydrogen (secondary N) is 2. The van der Waals surface area contributed by atoms with Gasteiger partial charge in [0.05, 0.1) is 11.8 Å². The lowest BCUT2D eigenvalue weighted by Crippen LogP contribution is -2.47. The molecule has 2 amide bonds. The number of oxazole rings is 1. The fourth-order valence-electron chi connectivity index (χ4n) is 5.75. The number of hydrogen-bond acceptors (Lipinski definition) is 9. The second kappa shape index (κ2) is 13.3. The van der Waals surface area contributed by atoms with Crippen LogP contribution in [0.15, 0.2) is 47.3 Å². The standard InChI is InChI=1S/C31H40N6O5/c1-20-12-26(8-11-37(20)22(3)38)35-30-14-24(6-9-32-30)31(40)33-15-27(39)17-36-10-7-23-13-28(5-4-25(23)16-36)41-18-29-21(2)34-19-42-29/h4-6,9,13-14,19-20,26-27,39H,7-8,10-12,15-18H2,1-3H3,(H,32,35)(H,33,40)/t20-,26+,27+/m1/s1. The topological polar surface area (TPSA) is 133 Å². The van der Waals surface area contributed by atoms with E-state index in [2.05, 4.69) is 44.6 Å². The Bertz CT molecular complexity index is 1390. The number of aliphatic hydroxyl groups excluding tert-OH is 1. The number of ether oxygens (including phenoxy) is 1. The first kappa shape index (κ1) is 29.5. The third-order valence-electron chi connectivity index (χ3n) is 8.11. The molecule has 3 aromatic rings. The summed E-state index contributed by atoms with van der Waals surface area (Å²) in [7, 11) is 0. The smallest absolute Gasteiger partial charge is 0.251 e. The number of aromatic nitrogens is 2. The zero-order valence-electron chi connectivity index (χ0n) is 24.5. The van der Waals surface area contributed by atoms with Gasteiger partial charge in [-0.05, 0) is 68.5 Å². The van der Waals surface area contributed by atoms with Gasteiger partial charge in [-0.3, -0.25) is 14.5 Å². The Morgan fingerprint density at radius 1 is 1.19 bits per heavy atom. The van der Waals surface area contributed by atoms with Crippen LogP contribution in [0, 0.1) is 6.92 Å². The van der Waals surface area contributed by atoms with Gasteiger partial charge >= 0.3 is 0 Å². The Morgan fingerprint density at radius 3 is 2.81 bits per heavy atom. The molecular weight excluding hydrogens is 536 g/mol. The first-order chi connectivity index (χ1) is 20.2. The maximum Gasteiger partial charge on any atom is 0.251 e. The van der Waals surface area contributed by atoms with E-state index in [1.807, 2.05) is 17.9 Å². The molecule has 0 radical (unpaired) electrons. The van der Waals surface area contributed by atoms with Crippen LogP contribution < -0.4 is 15.4 Å². The monoisotopic (exact) mass is 576 g/mol. The van der Waals surface area contributed by atoms with Gasteiger partial charge in [-0.1, -0.05) is 6.07 Å². The van der Waals surface area contributed by atoms with Crippen molar-refractivity contribution in [1.82, 2.24) is 25.1 Å². The summed E-state index contributed by atoms with van der Waals surface area (Å²) in [6.07, 6.45) is 4.84. The first-order valence-corrected chi connectivity index (χ1v) is 14.6. The van der Waals surface area contributed by atoms with E-state index in [1.54, 1.807) is 25.3 Å². The Balaban J connectivity index is 1.06. The second-order valence-electron chi connectivity index (χ2n) is 11.3. The molecule has 2 aromatic heterocycles. The fraction of sp³-hybridized carbons (Fsp3) is 0.484. The number of aliphatic hydroxyl groups is 1. The van der Waals surface area contributed by atoms with Crippen molar-refractivity contribution in [3.63, 3.8) is 0 Å². The summed E-state index contributed by atoms with van der Waals surface area (Å²) in [5.74, 6) is 1.99. The van der Waals surface area contributed by atoms with Crippen molar-refractivity contribution in [3.8, 4) is 5.75 Å². The van der Waals surface area contributed by atoms with Crippen LogP contribution >= 0.6 is 0 Å². The number of nitrogens with zero attached hydrogens (tertiary/aromatic N) is 4. The number of likely N-dealkylation sites (tertiary alicyclic amines) is 1. The van der Waals surface area contributed by atoms with E-state index >= 15 is 0 Å². The molecule has 1 aromatic carbocycles. The lowest BCUT2D eigenvalue weighted by Gasteiger charge is -2.37. The number of pyridine rings is 1. The molecule has 1 fully saturated rings. The average Bonchev–Trinajstić information content (AvgIpc) is 3.39. The maximum absolute atomic E-state index is 12.8. The number of anilines is 1. The maximum atomic E-state index is 12.8. The summed E-state index contributed by atoms with van der Waals surface area (Å²) >= 11 is 0. The van der Waals surface area contributed by atoms with Crippen molar-refractivity contribution in [3.05, 3.63) is 71.1 Å². The zero-order valence-corrected chi connectivity index (χ0v) is 24.5. The summed E-state index contributed by atoms with van der Waals surface area (Å²) < 4.78 is 11.2. The molecular formula is C31H40N6O5. The van der Waals surface area contributed by atoms with Gasteiger partial charge in [0, 0.05) is 63.5 Å². The van der Waals surface area contributed by atoms with Crippen molar-refractivity contribution in [2.24, 2.45) is 0 Å². The van der Waals surface area contributed by atoms with E-state index in [0.29, 0.717) is 31.1 Å². The summed E-state index contributed by atoms with van der Waals surface area (Å²) in [6, 6.07) is 9.83. The van der Waals surface area contributed by atoms with Crippen LogP contribution in [0.5, 0.6) is 5.75 Å². The fourth-order valence-corrected chi connectivity index (χ4v) is 5.75. The van der Waals surface area contributed by atoms with Crippen molar-refractivity contribution >= 4 is 17.6 Å². The SMILES string of the molecule is CC(=O)N1CC[C@H](Nc2cc(C(=O)NC[C@H](O)CN3CCc4cc(OCc5ocnc5C)ccc4C3)ccn2)C[C@H]1C. The number of β-amino-alcohol motifs (C(OH)–C–C–N with tert-alkyl or cyclic N) is 1. The first-order valence-electron chi connectivity index (χ1n) is 14.6. The molecule has 0 bridgehead atoms. The van der Waals surface area contributed by atoms with Gasteiger partial charge < -0.3 is 29.8 Å². The van der Waals surface area contributed by atoms with Gasteiger partial charge in [0.15, 0.2) is 12.2 Å². The van der Waals surface area contributed by atoms with E-state index < -0.39 is 6.10 Å². The molecule has 5 rings (SSSR count). The van der Waals surface area contributed by atoms with Crippen LogP contribution in [-0.2, 0) is 24.4 Å². The molecule has 3 atom stereocenters. The van der Waals surface area contributed by atoms with Crippen LogP contribution in [0.1, 0.15) is 59.6 Å². The van der Waals surface area contributed by atoms with E-state index in [4.69, 9.17) is 9.15 Å². The molecule has 0 aliphatic carbocycles. The molecule has 2 aliphatic rings. The molecule has 11 heteroatoms. The Labute approximate surface area is 246 Å². The van der Waals surface area contributed by atoms with Crippen LogP contribution in [0.4, 0.5) is 5.82 Å². The summed E-state index contributed by atoms with van der Waals surface area (Å²) in [6.45, 7) is 8.74. The predicted molar refractivity (Wildman–Crippen MR) is 157 cm³/mol. The van der Waals surface area contributed by atoms with Gasteiger partial charge in [-0.25, -0.2) is 9.97 Å². The predicted octanol–water partition coefficient (Wildman–Crippen LogP) is 2.92. The number of carbonyl (C=O) groups is 2. The van der Waals surface area contributed by atoms with Crippen molar-refractivity contribution in [2.45, 2.75) is 71.4 Å². The number of aryl methyl sites for hydroxylation is 1. The number of rotatable bonds is 10. The van der Waals surface area contributed by atoms with E-state index in [9.17, 15) is 14.7 Å². The average molecular weight is 577 g/mol. The molecule has 0 saturated carbocycles. The van der Waals surface area contributed by atoms with E-state index in [1.165, 1.54) is 17.5 Å². The molecule has 11 nitrogen and oxygen atoms in total. The number of benzene rings is 1. The number of amides is 2. The molecule has 2 aliphatic heterocycles. The lowest BCUT2D eigenvalue weighted by atomic mass is 9.98. The minimum atomic E-state index is -0.698. The van der Waals surface area contributed by atoms with Gasteiger partial charge in [0.2, 0.25) is 5.91 Å². The van der Waals surface area contributed by atoms with E-state index in [0.717, 1.165) is 49.6 Å². The van der Waals surface area contributed by atoms with Gasteiger partial charge in [-0.2, -0.15) is 0 Å². The van der Waals surface area contributed by atoms with Gasteiger partial charge in [0.1, 0.15) is 18.2 Å². The third-order valence-corrected chi connectivity index (χ3v) is 8.11. The van der Waals surface area contributed by atoms with Gasteiger partial charge in [-0.15, -0.1) is 0 Å². The van der Waals surface area contributed by atoms with Gasteiger partial charge in [0.25, 0.3) is 5.91 Å². The van der Waals surface area contributed by atoms with Crippen LogP contribution in [-0.4, -0.2) is 81.1 Å². The molecule has 4 heterocycles. The summed E-state index contributed by atoms with van der Waals surface area (Å²) in [4.78, 5) is 37.1. The van der Waals surface area contributed by atoms with Crippen molar-refractivity contribution < 1.29 is 23.8 Å². The van der Waals surface area contributed by atoms with Crippen LogP contribution in [0.2, 0.25) is 0 Å². The minimum Gasteiger partial charge on any atom is -0.486 e. The Hall–Kier alpha value is -3.96. The van der Waals surface area contributed by atoms with Crippen LogP contribution in [0.25, 0.3) is 0 Å². The normalized spacial score (nSPS) is 19.6. The van der Waals surface area contributed by atoms with Crippen molar-refractivity contribution in [2.75, 3.05) is 31.5 Å². The largest absolute Gasteiger partial charge is 0.486 e. The third kappa shape index (κ3) is 7.46. The molecule has 42 heavy (non-hydrogen) atoms. The molecule has 0 unspecified atom stereocenters. The molecule has 3 N–H and O–H groups in total. The Kier molecular flexibility index (Phi) is 9.38. The van der Waals surface area contributed by atoms with Crippen molar-refractivity contribution in [1.29, 1.82) is 0 Å². The molecule has 224 valence electrons. The highest BCUT2D eigenvalue weighted by atomic mass is 16.5. The zero-order chi connectivity index (χ0) is 29.6. The highest BCUT2D eigenvalue weighted by Crippen LogP contribution is 2.25. The lowest BCUT2D eigenvalue weighted by molar-refractivity contribution is -0.132. The molecule has 1 saturated heterocycles. The Morgan fingerprint density at radius 2 is 2.05 bits per heavy atom. The highest BCUT2D eigenvalue weighted by Gasteiger charge is 2.27.